The van der Waals surface area contributed by atoms with Crippen LogP contribution in [0.2, 0.25) is 0 Å². The molecule has 0 bridgehead atoms. The molecular weight excluding hydrogens is 326 g/mol. The van der Waals surface area contributed by atoms with E-state index in [0.29, 0.717) is 6.54 Å². The minimum Gasteiger partial charge on any atom is -0.384 e. The van der Waals surface area contributed by atoms with Gasteiger partial charge in [0.15, 0.2) is 0 Å². The number of methoxy groups -OCH3 is 1. The number of hydrogen-bond acceptors (Lipinski definition) is 4. The van der Waals surface area contributed by atoms with Gasteiger partial charge in [-0.3, -0.25) is 0 Å². The number of hydrogen-bond donors (Lipinski definition) is 1. The van der Waals surface area contributed by atoms with Gasteiger partial charge < -0.3 is 9.72 Å². The number of benzene rings is 1. The van der Waals surface area contributed by atoms with Gasteiger partial charge in [-0.15, -0.1) is 0 Å². The Morgan fingerprint density at radius 2 is 2.08 bits per heavy atom. The molecule has 0 unspecified atom stereocenters. The lowest BCUT2D eigenvalue weighted by atomic mass is 10.0. The molecule has 1 atom stereocenters. The number of piperidine rings is 1. The van der Waals surface area contributed by atoms with Crippen molar-refractivity contribution in [3.8, 4) is 11.3 Å². The number of imidazole rings is 1. The van der Waals surface area contributed by atoms with Gasteiger partial charge in [-0.05, 0) is 18.4 Å². The van der Waals surface area contributed by atoms with Gasteiger partial charge in [0.05, 0.1) is 30.3 Å². The second-order valence-electron chi connectivity index (χ2n) is 5.98. The van der Waals surface area contributed by atoms with Crippen LogP contribution in [0.5, 0.6) is 0 Å². The molecule has 0 amide bonds. The largest absolute Gasteiger partial charge is 0.384 e. The standard InChI is InChI=1S/C17H23N3O3S/c1-23-11-12-24(21,22)20-10-6-5-9-16(20)17-18-13-15(19-17)14-7-3-2-4-8-14/h2-4,7-8,13,16H,5-6,9-12H2,1H3,(H,18,19)/t16-/m0/s1. The molecule has 1 fully saturated rings. The number of aromatic amines is 1. The van der Waals surface area contributed by atoms with Crippen LogP contribution in [-0.4, -0.2) is 48.7 Å². The fraction of sp³-hybridized carbons (Fsp3) is 0.471. The van der Waals surface area contributed by atoms with E-state index in [1.165, 1.54) is 7.11 Å². The van der Waals surface area contributed by atoms with Gasteiger partial charge in [-0.25, -0.2) is 13.4 Å². The molecule has 0 aliphatic carbocycles. The summed E-state index contributed by atoms with van der Waals surface area (Å²) in [4.78, 5) is 7.78. The zero-order valence-corrected chi connectivity index (χ0v) is 14.6. The quantitative estimate of drug-likeness (QED) is 0.870. The Morgan fingerprint density at radius 1 is 1.29 bits per heavy atom. The molecule has 0 spiro atoms. The van der Waals surface area contributed by atoms with Crippen molar-refractivity contribution in [2.45, 2.75) is 25.3 Å². The van der Waals surface area contributed by atoms with Crippen molar-refractivity contribution in [3.63, 3.8) is 0 Å². The van der Waals surface area contributed by atoms with Crippen LogP contribution in [0, 0.1) is 0 Å². The average molecular weight is 349 g/mol. The van der Waals surface area contributed by atoms with E-state index in [1.54, 1.807) is 10.5 Å². The van der Waals surface area contributed by atoms with Crippen LogP contribution < -0.4 is 0 Å². The van der Waals surface area contributed by atoms with Crippen molar-refractivity contribution >= 4 is 10.0 Å². The number of nitrogens with one attached hydrogen (secondary N) is 1. The number of H-pyrrole nitrogens is 1. The fourth-order valence-electron chi connectivity index (χ4n) is 3.09. The minimum absolute atomic E-state index is 0.00620. The third-order valence-electron chi connectivity index (χ3n) is 4.35. The summed E-state index contributed by atoms with van der Waals surface area (Å²) < 4.78 is 31.7. The van der Waals surface area contributed by atoms with Gasteiger partial charge in [-0.2, -0.15) is 4.31 Å². The highest BCUT2D eigenvalue weighted by Gasteiger charge is 2.34. The van der Waals surface area contributed by atoms with E-state index in [2.05, 4.69) is 9.97 Å². The predicted molar refractivity (Wildman–Crippen MR) is 93.0 cm³/mol. The normalized spacial score (nSPS) is 19.5. The van der Waals surface area contributed by atoms with Crippen LogP contribution in [-0.2, 0) is 14.8 Å². The molecule has 3 rings (SSSR count). The van der Waals surface area contributed by atoms with E-state index in [-0.39, 0.29) is 18.4 Å². The van der Waals surface area contributed by atoms with E-state index in [0.717, 1.165) is 36.3 Å². The topological polar surface area (TPSA) is 75.3 Å². The van der Waals surface area contributed by atoms with Crippen molar-refractivity contribution < 1.29 is 13.2 Å². The van der Waals surface area contributed by atoms with Crippen molar-refractivity contribution in [2.75, 3.05) is 26.0 Å². The maximum atomic E-state index is 12.6. The molecular formula is C17H23N3O3S. The van der Waals surface area contributed by atoms with Gasteiger partial charge in [0.1, 0.15) is 5.82 Å². The Bertz CT molecular complexity index is 758. The Labute approximate surface area is 142 Å². The number of rotatable bonds is 6. The van der Waals surface area contributed by atoms with Crippen LogP contribution in [0.15, 0.2) is 36.5 Å². The van der Waals surface area contributed by atoms with E-state index in [1.807, 2.05) is 30.3 Å². The number of sulfonamides is 1. The summed E-state index contributed by atoms with van der Waals surface area (Å²) in [5, 5.41) is 0. The smallest absolute Gasteiger partial charge is 0.217 e. The van der Waals surface area contributed by atoms with E-state index in [4.69, 9.17) is 4.74 Å². The molecule has 6 nitrogen and oxygen atoms in total. The zero-order chi connectivity index (χ0) is 17.0. The fourth-order valence-corrected chi connectivity index (χ4v) is 4.70. The van der Waals surface area contributed by atoms with Crippen molar-refractivity contribution in [3.05, 3.63) is 42.4 Å². The van der Waals surface area contributed by atoms with Crippen molar-refractivity contribution in [1.82, 2.24) is 14.3 Å². The zero-order valence-electron chi connectivity index (χ0n) is 13.8. The molecule has 1 aliphatic heterocycles. The molecule has 7 heteroatoms. The Kier molecular flexibility index (Phi) is 5.33. The summed E-state index contributed by atoms with van der Waals surface area (Å²) in [7, 11) is -1.83. The average Bonchev–Trinajstić information content (AvgIpc) is 3.11. The Balaban J connectivity index is 1.85. The maximum absolute atomic E-state index is 12.6. The van der Waals surface area contributed by atoms with Gasteiger partial charge >= 0.3 is 0 Å². The Morgan fingerprint density at radius 3 is 2.83 bits per heavy atom. The van der Waals surface area contributed by atoms with Crippen molar-refractivity contribution in [1.29, 1.82) is 0 Å². The summed E-state index contributed by atoms with van der Waals surface area (Å²) in [6.07, 6.45) is 4.45. The lowest BCUT2D eigenvalue weighted by molar-refractivity contribution is 0.209. The molecule has 1 aromatic heterocycles. The first-order chi connectivity index (χ1) is 11.6. The summed E-state index contributed by atoms with van der Waals surface area (Å²) in [5.41, 5.74) is 1.95. The van der Waals surface area contributed by atoms with Gasteiger partial charge in [0, 0.05) is 13.7 Å². The first kappa shape index (κ1) is 17.1. The summed E-state index contributed by atoms with van der Waals surface area (Å²) in [5.74, 6) is 0.723. The van der Waals surface area contributed by atoms with Gasteiger partial charge in [0.2, 0.25) is 10.0 Å². The van der Waals surface area contributed by atoms with Crippen LogP contribution in [0.1, 0.15) is 31.1 Å². The molecule has 2 heterocycles. The number of nitrogens with zero attached hydrogens (tertiary/aromatic N) is 2. The molecule has 2 aromatic rings. The number of ether oxygens (including phenoxy) is 1. The lowest BCUT2D eigenvalue weighted by Gasteiger charge is -2.33. The lowest BCUT2D eigenvalue weighted by Crippen LogP contribution is -2.41. The first-order valence-corrected chi connectivity index (χ1v) is 9.81. The molecule has 0 radical (unpaired) electrons. The van der Waals surface area contributed by atoms with Crippen LogP contribution in [0.25, 0.3) is 11.3 Å². The molecule has 24 heavy (non-hydrogen) atoms. The monoisotopic (exact) mass is 349 g/mol. The predicted octanol–water partition coefficient (Wildman–Crippen LogP) is 2.58. The van der Waals surface area contributed by atoms with Crippen LogP contribution in [0.4, 0.5) is 0 Å². The molecule has 130 valence electrons. The van der Waals surface area contributed by atoms with Crippen LogP contribution >= 0.6 is 0 Å². The molecule has 1 aliphatic rings. The van der Waals surface area contributed by atoms with E-state index < -0.39 is 10.0 Å². The van der Waals surface area contributed by atoms with Gasteiger partial charge in [-0.1, -0.05) is 36.8 Å². The third kappa shape index (κ3) is 3.68. The summed E-state index contributed by atoms with van der Waals surface area (Å²) >= 11 is 0. The second kappa shape index (κ2) is 7.46. The highest BCUT2D eigenvalue weighted by Crippen LogP contribution is 2.32. The highest BCUT2D eigenvalue weighted by molar-refractivity contribution is 7.89. The second-order valence-corrected chi connectivity index (χ2v) is 8.02. The summed E-state index contributed by atoms with van der Waals surface area (Å²) in [6.45, 7) is 0.747. The van der Waals surface area contributed by atoms with E-state index >= 15 is 0 Å². The summed E-state index contributed by atoms with van der Waals surface area (Å²) in [6, 6.07) is 9.69. The van der Waals surface area contributed by atoms with Crippen molar-refractivity contribution in [2.24, 2.45) is 0 Å². The molecule has 1 N–H and O–H groups in total. The molecule has 1 aromatic carbocycles. The molecule has 0 saturated carbocycles. The SMILES string of the molecule is COCCS(=O)(=O)N1CCCC[C@H]1c1ncc(-c2ccccc2)[nH]1. The maximum Gasteiger partial charge on any atom is 0.217 e. The number of aromatic nitrogens is 2. The minimum atomic E-state index is -3.35. The highest BCUT2D eigenvalue weighted by atomic mass is 32.2. The molecule has 1 saturated heterocycles. The third-order valence-corrected chi connectivity index (χ3v) is 6.19. The van der Waals surface area contributed by atoms with Crippen LogP contribution in [0.3, 0.4) is 0 Å². The van der Waals surface area contributed by atoms with E-state index in [9.17, 15) is 8.42 Å². The van der Waals surface area contributed by atoms with Gasteiger partial charge in [0.25, 0.3) is 0 Å². The first-order valence-electron chi connectivity index (χ1n) is 8.20. The Hall–Kier alpha value is -1.70.